The highest BCUT2D eigenvalue weighted by Crippen LogP contribution is 2.01. The Bertz CT molecular complexity index is 286. The lowest BCUT2D eigenvalue weighted by Crippen LogP contribution is -2.35. The molecule has 10 heteroatoms. The smallest absolute Gasteiger partial charge is 0.480 e. The van der Waals surface area contributed by atoms with Crippen LogP contribution < -0.4 is 5.73 Å². The molecule has 0 heterocycles. The summed E-state index contributed by atoms with van der Waals surface area (Å²) >= 11 is 0. The Morgan fingerprint density at radius 3 is 2.20 bits per heavy atom. The van der Waals surface area contributed by atoms with Crippen molar-refractivity contribution in [2.45, 2.75) is 31.7 Å². The number of ether oxygens (including phenoxy) is 2. The van der Waals surface area contributed by atoms with Gasteiger partial charge in [0.25, 0.3) is 0 Å². The van der Waals surface area contributed by atoms with Gasteiger partial charge in [-0.05, 0) is 19.3 Å². The Morgan fingerprint density at radius 1 is 1.05 bits per heavy atom. The van der Waals surface area contributed by atoms with Crippen LogP contribution in [0, 0.1) is 0 Å². The predicted octanol–water partition coefficient (Wildman–Crippen LogP) is 0.124. The molecule has 0 radical (unpaired) electrons. The van der Waals surface area contributed by atoms with Crippen LogP contribution >= 0.6 is 0 Å². The fraction of sp³-hybridized carbons (Fsp3) is 0.800. The number of nitrogens with zero attached hydrogens (tertiary/aromatic N) is 1. The summed E-state index contributed by atoms with van der Waals surface area (Å²) in [7, 11) is 0. The maximum absolute atomic E-state index is 11.0. The first-order valence-corrected chi connectivity index (χ1v) is 6.02. The molecule has 1 atom stereocenters. The van der Waals surface area contributed by atoms with Crippen LogP contribution in [-0.4, -0.2) is 58.9 Å². The monoisotopic (exact) mass is 296 g/mol. The van der Waals surface area contributed by atoms with Gasteiger partial charge in [0.05, 0.1) is 18.6 Å². The molecule has 0 aliphatic rings. The molecule has 0 aliphatic carbocycles. The molecular formula is C10H20N2O8. The zero-order valence-corrected chi connectivity index (χ0v) is 10.9. The molecular weight excluding hydrogens is 276 g/mol. The number of carboxylic acids is 1. The van der Waals surface area contributed by atoms with E-state index in [1.807, 2.05) is 0 Å². The summed E-state index contributed by atoms with van der Waals surface area (Å²) in [5.41, 5.74) is 5.13. The quantitative estimate of drug-likeness (QED) is 0.235. The van der Waals surface area contributed by atoms with Crippen LogP contribution in [0.5, 0.6) is 0 Å². The van der Waals surface area contributed by atoms with Gasteiger partial charge in [0.15, 0.2) is 0 Å². The number of carbonyl (C=O) groups excluding carboxylic acids is 1. The number of rotatable bonds is 11. The van der Waals surface area contributed by atoms with Gasteiger partial charge >= 0.3 is 12.1 Å². The Labute approximate surface area is 115 Å². The first-order valence-electron chi connectivity index (χ1n) is 6.02. The van der Waals surface area contributed by atoms with Gasteiger partial charge in [-0.3, -0.25) is 20.0 Å². The minimum atomic E-state index is -1.26. The summed E-state index contributed by atoms with van der Waals surface area (Å²) in [5.74, 6) is -1.26. The van der Waals surface area contributed by atoms with Crippen LogP contribution in [0.4, 0.5) is 4.79 Å². The molecule has 0 aromatic carbocycles. The van der Waals surface area contributed by atoms with Gasteiger partial charge in [-0.15, -0.1) is 0 Å². The SMILES string of the molecule is NC(COC(=O)OCCCCCCON(O)O)C(=O)O. The Kier molecular flexibility index (Phi) is 10.5. The molecule has 0 amide bonds. The van der Waals surface area contributed by atoms with E-state index in [1.54, 1.807) is 0 Å². The van der Waals surface area contributed by atoms with E-state index in [0.29, 0.717) is 12.8 Å². The second kappa shape index (κ2) is 11.4. The van der Waals surface area contributed by atoms with E-state index in [2.05, 4.69) is 14.3 Å². The zero-order valence-electron chi connectivity index (χ0n) is 10.9. The lowest BCUT2D eigenvalue weighted by molar-refractivity contribution is -0.492. The number of unbranched alkanes of at least 4 members (excludes halogenated alkanes) is 3. The van der Waals surface area contributed by atoms with Gasteiger partial charge in [-0.2, -0.15) is 0 Å². The third kappa shape index (κ3) is 11.6. The van der Waals surface area contributed by atoms with E-state index in [4.69, 9.17) is 21.3 Å². The van der Waals surface area contributed by atoms with Crippen molar-refractivity contribution in [3.05, 3.63) is 0 Å². The third-order valence-electron chi connectivity index (χ3n) is 2.16. The topological polar surface area (TPSA) is 152 Å². The third-order valence-corrected chi connectivity index (χ3v) is 2.16. The second-order valence-corrected chi connectivity index (χ2v) is 3.85. The van der Waals surface area contributed by atoms with E-state index < -0.39 is 24.8 Å². The van der Waals surface area contributed by atoms with Crippen LogP contribution in [0.25, 0.3) is 0 Å². The minimum absolute atomic E-state index is 0.147. The summed E-state index contributed by atoms with van der Waals surface area (Å²) in [6, 6.07) is -1.26. The van der Waals surface area contributed by atoms with Gasteiger partial charge in [0, 0.05) is 0 Å². The number of nitrogens with two attached hydrogens (primary N) is 1. The number of carbonyl (C=O) groups is 2. The van der Waals surface area contributed by atoms with Crippen molar-refractivity contribution in [3.8, 4) is 0 Å². The zero-order chi connectivity index (χ0) is 15.4. The molecule has 0 bridgehead atoms. The fourth-order valence-electron chi connectivity index (χ4n) is 1.13. The Balaban J connectivity index is 3.33. The largest absolute Gasteiger partial charge is 0.508 e. The number of carboxylic acid groups (broad SMARTS) is 1. The highest BCUT2D eigenvalue weighted by molar-refractivity contribution is 5.73. The molecule has 0 saturated heterocycles. The van der Waals surface area contributed by atoms with Crippen molar-refractivity contribution in [3.63, 3.8) is 0 Å². The van der Waals surface area contributed by atoms with Crippen molar-refractivity contribution in [2.75, 3.05) is 19.8 Å². The van der Waals surface area contributed by atoms with E-state index in [-0.39, 0.29) is 18.6 Å². The van der Waals surface area contributed by atoms with Crippen LogP contribution in [0.15, 0.2) is 0 Å². The van der Waals surface area contributed by atoms with Gasteiger partial charge in [0.1, 0.15) is 12.6 Å². The summed E-state index contributed by atoms with van der Waals surface area (Å²) in [6.07, 6.45) is 1.77. The average Bonchev–Trinajstić information content (AvgIpc) is 2.38. The molecule has 0 aromatic rings. The molecule has 0 saturated carbocycles. The van der Waals surface area contributed by atoms with E-state index in [1.165, 1.54) is 0 Å². The predicted molar refractivity (Wildman–Crippen MR) is 62.7 cm³/mol. The highest BCUT2D eigenvalue weighted by Gasteiger charge is 2.14. The summed E-state index contributed by atoms with van der Waals surface area (Å²) in [4.78, 5) is 25.7. The van der Waals surface area contributed by atoms with Crippen LogP contribution in [0.2, 0.25) is 0 Å². The normalized spacial score (nSPS) is 12.2. The van der Waals surface area contributed by atoms with Crippen LogP contribution in [0.3, 0.4) is 0 Å². The molecule has 0 spiro atoms. The summed E-state index contributed by atoms with van der Waals surface area (Å²) < 4.78 is 9.18. The number of aliphatic carboxylic acids is 1. The second-order valence-electron chi connectivity index (χ2n) is 3.85. The minimum Gasteiger partial charge on any atom is -0.480 e. The Hall–Kier alpha value is -1.46. The maximum Gasteiger partial charge on any atom is 0.508 e. The lowest BCUT2D eigenvalue weighted by atomic mass is 10.2. The lowest BCUT2D eigenvalue weighted by Gasteiger charge is -2.08. The van der Waals surface area contributed by atoms with Gasteiger partial charge in [0.2, 0.25) is 0 Å². The number of hydrogen-bond donors (Lipinski definition) is 4. The molecule has 20 heavy (non-hydrogen) atoms. The molecule has 5 N–H and O–H groups in total. The standard InChI is InChI=1S/C10H20N2O8/c11-8(9(13)14)7-19-10(15)18-5-3-1-2-4-6-20-12(16)17/h8,16-17H,1-7,11H2,(H,13,14). The highest BCUT2D eigenvalue weighted by atomic mass is 17.1. The van der Waals surface area contributed by atoms with Crippen molar-refractivity contribution in [2.24, 2.45) is 5.73 Å². The molecule has 0 rings (SSSR count). The van der Waals surface area contributed by atoms with Gasteiger partial charge < -0.3 is 20.3 Å². The van der Waals surface area contributed by atoms with Crippen LogP contribution in [0.1, 0.15) is 25.7 Å². The average molecular weight is 296 g/mol. The van der Waals surface area contributed by atoms with Gasteiger partial charge in [-0.1, -0.05) is 6.42 Å². The molecule has 0 aliphatic heterocycles. The molecule has 0 aromatic heterocycles. The van der Waals surface area contributed by atoms with Crippen molar-refractivity contribution >= 4 is 12.1 Å². The summed E-state index contributed by atoms with van der Waals surface area (Å²) in [5, 5.41) is 24.6. The first kappa shape index (κ1) is 18.5. The van der Waals surface area contributed by atoms with E-state index in [0.717, 1.165) is 12.8 Å². The van der Waals surface area contributed by atoms with Crippen LogP contribution in [-0.2, 0) is 19.1 Å². The van der Waals surface area contributed by atoms with Crippen molar-refractivity contribution in [1.29, 1.82) is 0 Å². The Morgan fingerprint density at radius 2 is 1.65 bits per heavy atom. The molecule has 0 fully saturated rings. The first-order chi connectivity index (χ1) is 9.43. The van der Waals surface area contributed by atoms with E-state index in [9.17, 15) is 9.59 Å². The molecule has 10 nitrogen and oxygen atoms in total. The van der Waals surface area contributed by atoms with Crippen molar-refractivity contribution in [1.82, 2.24) is 5.39 Å². The fourth-order valence-corrected chi connectivity index (χ4v) is 1.13. The number of hydrogen-bond acceptors (Lipinski definition) is 9. The molecule has 118 valence electrons. The maximum atomic E-state index is 11.0. The molecule has 1 unspecified atom stereocenters. The summed E-state index contributed by atoms with van der Waals surface area (Å²) in [6.45, 7) is -0.124. The van der Waals surface area contributed by atoms with Crippen molar-refractivity contribution < 1.29 is 39.4 Å². The van der Waals surface area contributed by atoms with Gasteiger partial charge in [-0.25, -0.2) is 4.79 Å². The van der Waals surface area contributed by atoms with E-state index >= 15 is 0 Å².